The van der Waals surface area contributed by atoms with E-state index in [9.17, 15) is 14.9 Å². The molecular weight excluding hydrogens is 324 g/mol. The number of nitro groups is 1. The van der Waals surface area contributed by atoms with Gasteiger partial charge in [0.2, 0.25) is 0 Å². The van der Waals surface area contributed by atoms with Crippen molar-refractivity contribution in [3.8, 4) is 0 Å². The number of nitrogens with zero attached hydrogens (tertiary/aromatic N) is 1. The summed E-state index contributed by atoms with van der Waals surface area (Å²) in [6.45, 7) is 6.13. The van der Waals surface area contributed by atoms with Crippen molar-refractivity contribution in [2.45, 2.75) is 39.7 Å². The van der Waals surface area contributed by atoms with E-state index in [1.165, 1.54) is 12.1 Å². The fourth-order valence-electron chi connectivity index (χ4n) is 2.23. The van der Waals surface area contributed by atoms with Crippen LogP contribution in [0.5, 0.6) is 0 Å². The van der Waals surface area contributed by atoms with Crippen molar-refractivity contribution >= 4 is 27.5 Å². The minimum absolute atomic E-state index is 0.0312. The Hall–Kier alpha value is -1.43. The molecule has 0 fully saturated rings. The van der Waals surface area contributed by atoms with E-state index in [2.05, 4.69) is 35.1 Å². The molecule has 0 heterocycles. The Morgan fingerprint density at radius 3 is 2.50 bits per heavy atom. The summed E-state index contributed by atoms with van der Waals surface area (Å²) in [4.78, 5) is 22.6. The van der Waals surface area contributed by atoms with E-state index < -0.39 is 4.92 Å². The van der Waals surface area contributed by atoms with Gasteiger partial charge in [-0.15, -0.1) is 0 Å². The molecule has 0 saturated carbocycles. The Bertz CT molecular complexity index is 501. The van der Waals surface area contributed by atoms with Gasteiger partial charge < -0.3 is 5.32 Å². The van der Waals surface area contributed by atoms with Gasteiger partial charge in [-0.3, -0.25) is 14.9 Å². The zero-order valence-corrected chi connectivity index (χ0v) is 13.4. The van der Waals surface area contributed by atoms with Crippen molar-refractivity contribution in [1.82, 2.24) is 5.32 Å². The molecule has 0 radical (unpaired) electrons. The van der Waals surface area contributed by atoms with Crippen molar-refractivity contribution in [3.05, 3.63) is 38.3 Å². The van der Waals surface area contributed by atoms with Crippen LogP contribution >= 0.6 is 15.9 Å². The average Bonchev–Trinajstić information content (AvgIpc) is 2.39. The van der Waals surface area contributed by atoms with Gasteiger partial charge >= 0.3 is 0 Å². The quantitative estimate of drug-likeness (QED) is 0.629. The van der Waals surface area contributed by atoms with Gasteiger partial charge in [-0.2, -0.15) is 0 Å². The first-order valence-electron chi connectivity index (χ1n) is 6.66. The van der Waals surface area contributed by atoms with E-state index in [4.69, 9.17) is 0 Å². The molecule has 1 aromatic rings. The van der Waals surface area contributed by atoms with Crippen molar-refractivity contribution < 1.29 is 9.72 Å². The highest BCUT2D eigenvalue weighted by Gasteiger charge is 2.22. The smallest absolute Gasteiger partial charge is 0.284 e. The number of benzene rings is 1. The number of nitrogens with one attached hydrogen (secondary N) is 1. The summed E-state index contributed by atoms with van der Waals surface area (Å²) in [6.07, 6.45) is 1.96. The maximum absolute atomic E-state index is 12.2. The molecule has 0 spiro atoms. The predicted molar refractivity (Wildman–Crippen MR) is 81.8 cm³/mol. The summed E-state index contributed by atoms with van der Waals surface area (Å²) < 4.78 is 0.222. The lowest BCUT2D eigenvalue weighted by molar-refractivity contribution is -0.385. The first-order valence-corrected chi connectivity index (χ1v) is 7.45. The summed E-state index contributed by atoms with van der Waals surface area (Å²) in [5.74, 6) is 0.108. The van der Waals surface area contributed by atoms with Crippen LogP contribution in [0.3, 0.4) is 0 Å². The molecule has 1 rings (SSSR count). The normalized spacial score (nSPS) is 12.2. The van der Waals surface area contributed by atoms with Gasteiger partial charge in [0.05, 0.1) is 10.5 Å². The second-order valence-corrected chi connectivity index (χ2v) is 5.53. The van der Waals surface area contributed by atoms with Crippen molar-refractivity contribution in [1.29, 1.82) is 0 Å². The minimum Gasteiger partial charge on any atom is -0.349 e. The number of carbonyl (C=O) groups is 1. The fraction of sp³-hybridized carbons (Fsp3) is 0.500. The molecule has 0 aliphatic carbocycles. The molecule has 0 bridgehead atoms. The highest BCUT2D eigenvalue weighted by Crippen LogP contribution is 2.28. The number of amides is 1. The molecule has 20 heavy (non-hydrogen) atoms. The fourth-order valence-corrected chi connectivity index (χ4v) is 2.82. The van der Waals surface area contributed by atoms with Crippen LogP contribution in [-0.2, 0) is 0 Å². The van der Waals surface area contributed by atoms with E-state index in [1.807, 2.05) is 6.92 Å². The lowest BCUT2D eigenvalue weighted by atomic mass is 9.95. The van der Waals surface area contributed by atoms with E-state index in [0.29, 0.717) is 5.92 Å². The van der Waals surface area contributed by atoms with Gasteiger partial charge in [0.25, 0.3) is 11.6 Å². The van der Waals surface area contributed by atoms with Crippen LogP contribution in [0.25, 0.3) is 0 Å². The van der Waals surface area contributed by atoms with E-state index in [-0.39, 0.29) is 27.7 Å². The second-order valence-electron chi connectivity index (χ2n) is 4.73. The highest BCUT2D eigenvalue weighted by molar-refractivity contribution is 9.10. The predicted octanol–water partition coefficient (Wildman–Crippen LogP) is 3.91. The number of nitro benzene ring substituents is 1. The van der Waals surface area contributed by atoms with E-state index in [0.717, 1.165) is 12.8 Å². The molecule has 0 aromatic heterocycles. The van der Waals surface area contributed by atoms with Gasteiger partial charge in [-0.1, -0.05) is 32.8 Å². The zero-order chi connectivity index (χ0) is 15.3. The third-order valence-corrected chi connectivity index (χ3v) is 4.37. The third kappa shape index (κ3) is 3.79. The van der Waals surface area contributed by atoms with Crippen molar-refractivity contribution in [3.63, 3.8) is 0 Å². The second kappa shape index (κ2) is 7.38. The summed E-state index contributed by atoms with van der Waals surface area (Å²) in [7, 11) is 0. The van der Waals surface area contributed by atoms with Crippen LogP contribution in [0.1, 0.15) is 44.0 Å². The molecule has 1 N–H and O–H groups in total. The van der Waals surface area contributed by atoms with Crippen molar-refractivity contribution in [2.24, 2.45) is 5.92 Å². The summed E-state index contributed by atoms with van der Waals surface area (Å²) >= 11 is 3.14. The van der Waals surface area contributed by atoms with Crippen LogP contribution < -0.4 is 5.32 Å². The van der Waals surface area contributed by atoms with Crippen LogP contribution in [0.15, 0.2) is 22.7 Å². The Labute approximate surface area is 127 Å². The Morgan fingerprint density at radius 2 is 2.00 bits per heavy atom. The van der Waals surface area contributed by atoms with Gasteiger partial charge in [-0.25, -0.2) is 0 Å². The molecule has 5 nitrogen and oxygen atoms in total. The summed E-state index contributed by atoms with van der Waals surface area (Å²) in [5.41, 5.74) is 0.185. The van der Waals surface area contributed by atoms with Crippen molar-refractivity contribution in [2.75, 3.05) is 0 Å². The topological polar surface area (TPSA) is 72.2 Å². The Balaban J connectivity index is 2.93. The maximum atomic E-state index is 12.2. The molecule has 0 aliphatic heterocycles. The van der Waals surface area contributed by atoms with Gasteiger partial charge in [0, 0.05) is 12.1 Å². The Kier molecular flexibility index (Phi) is 6.13. The van der Waals surface area contributed by atoms with E-state index in [1.54, 1.807) is 6.07 Å². The number of halogens is 1. The minimum atomic E-state index is -0.509. The summed E-state index contributed by atoms with van der Waals surface area (Å²) in [5, 5.41) is 13.8. The standard InChI is InChI=1S/C14H19BrN2O3/c1-4-10(5-2)9(3)16-14(18)11-7-6-8-12(13(11)15)17(19)20/h6-10H,4-5H2,1-3H3,(H,16,18). The van der Waals surface area contributed by atoms with Crippen LogP contribution in [0.4, 0.5) is 5.69 Å². The number of rotatable bonds is 6. The van der Waals surface area contributed by atoms with E-state index >= 15 is 0 Å². The Morgan fingerprint density at radius 1 is 1.40 bits per heavy atom. The SMILES string of the molecule is CCC(CC)C(C)NC(=O)c1cccc([N+](=O)[O-])c1Br. The molecule has 1 atom stereocenters. The molecule has 0 aliphatic rings. The first kappa shape index (κ1) is 16.6. The van der Waals surface area contributed by atoms with Crippen LogP contribution in [0, 0.1) is 16.0 Å². The molecular formula is C14H19BrN2O3. The molecule has 1 unspecified atom stereocenters. The third-order valence-electron chi connectivity index (χ3n) is 3.53. The van der Waals surface area contributed by atoms with Gasteiger partial charge in [0.1, 0.15) is 4.47 Å². The maximum Gasteiger partial charge on any atom is 0.284 e. The molecule has 1 amide bonds. The average molecular weight is 343 g/mol. The monoisotopic (exact) mass is 342 g/mol. The molecule has 1 aromatic carbocycles. The van der Waals surface area contributed by atoms with Gasteiger partial charge in [0.15, 0.2) is 0 Å². The lowest BCUT2D eigenvalue weighted by Gasteiger charge is -2.22. The van der Waals surface area contributed by atoms with Gasteiger partial charge in [-0.05, 0) is 34.8 Å². The molecule has 6 heteroatoms. The largest absolute Gasteiger partial charge is 0.349 e. The zero-order valence-electron chi connectivity index (χ0n) is 11.9. The summed E-state index contributed by atoms with van der Waals surface area (Å²) in [6, 6.07) is 4.49. The number of hydrogen-bond acceptors (Lipinski definition) is 3. The molecule has 110 valence electrons. The first-order chi connectivity index (χ1) is 9.42. The number of carbonyl (C=O) groups excluding carboxylic acids is 1. The molecule has 0 saturated heterocycles. The highest BCUT2D eigenvalue weighted by atomic mass is 79.9. The van der Waals surface area contributed by atoms with Crippen LogP contribution in [0.2, 0.25) is 0 Å². The van der Waals surface area contributed by atoms with Crippen LogP contribution in [-0.4, -0.2) is 16.9 Å². The lowest BCUT2D eigenvalue weighted by Crippen LogP contribution is -2.37. The number of hydrogen-bond donors (Lipinski definition) is 1.